The molecule has 9 heteroatoms. The summed E-state index contributed by atoms with van der Waals surface area (Å²) in [5.74, 6) is -1.17. The molecular formula is C22H21N3O4S2. The zero-order valence-corrected chi connectivity index (χ0v) is 18.3. The summed E-state index contributed by atoms with van der Waals surface area (Å²) in [4.78, 5) is 40.8. The van der Waals surface area contributed by atoms with Crippen LogP contribution in [0.3, 0.4) is 0 Å². The van der Waals surface area contributed by atoms with Crippen molar-refractivity contribution in [2.45, 2.75) is 12.5 Å². The lowest BCUT2D eigenvalue weighted by atomic mass is 10.1. The van der Waals surface area contributed by atoms with E-state index in [9.17, 15) is 14.4 Å². The molecule has 0 spiro atoms. The molecule has 0 aliphatic rings. The molecule has 1 heterocycles. The molecule has 0 saturated heterocycles. The van der Waals surface area contributed by atoms with Gasteiger partial charge in [-0.3, -0.25) is 9.59 Å². The van der Waals surface area contributed by atoms with Gasteiger partial charge in [0.2, 0.25) is 5.91 Å². The average Bonchev–Trinajstić information content (AvgIpc) is 3.25. The van der Waals surface area contributed by atoms with E-state index in [1.807, 2.05) is 42.0 Å². The lowest BCUT2D eigenvalue weighted by Gasteiger charge is -2.17. The first-order chi connectivity index (χ1) is 15.0. The summed E-state index contributed by atoms with van der Waals surface area (Å²) in [6.45, 7) is 0. The van der Waals surface area contributed by atoms with Crippen LogP contribution < -0.4 is 10.6 Å². The number of carboxylic acid groups (broad SMARTS) is 1. The number of carbonyl (C=O) groups is 3. The minimum absolute atomic E-state index is 0.0891. The Morgan fingerprint density at radius 1 is 1.06 bits per heavy atom. The Kier molecular flexibility index (Phi) is 7.80. The summed E-state index contributed by atoms with van der Waals surface area (Å²) >= 11 is 2.89. The number of thioether (sulfide) groups is 1. The Balaban J connectivity index is 1.68. The van der Waals surface area contributed by atoms with Gasteiger partial charge < -0.3 is 15.7 Å². The SMILES string of the molecule is CSCC[C@H](NC(=O)c1ccc(C(=O)O)cc1)C(=O)Nc1nc(-c2ccccc2)cs1. The number of carboxylic acids is 1. The van der Waals surface area contributed by atoms with E-state index in [1.165, 1.54) is 35.6 Å². The highest BCUT2D eigenvalue weighted by Crippen LogP contribution is 2.24. The third kappa shape index (κ3) is 6.16. The van der Waals surface area contributed by atoms with Crippen LogP contribution in [-0.2, 0) is 4.79 Å². The predicted molar refractivity (Wildman–Crippen MR) is 124 cm³/mol. The zero-order chi connectivity index (χ0) is 22.2. The van der Waals surface area contributed by atoms with Crippen molar-refractivity contribution in [1.82, 2.24) is 10.3 Å². The molecular weight excluding hydrogens is 434 g/mol. The van der Waals surface area contributed by atoms with Crippen molar-refractivity contribution in [2.24, 2.45) is 0 Å². The second kappa shape index (κ2) is 10.7. The quantitative estimate of drug-likeness (QED) is 0.450. The molecule has 3 aromatic rings. The van der Waals surface area contributed by atoms with Crippen molar-refractivity contribution in [3.8, 4) is 11.3 Å². The maximum atomic E-state index is 12.8. The van der Waals surface area contributed by atoms with E-state index in [2.05, 4.69) is 15.6 Å². The first-order valence-corrected chi connectivity index (χ1v) is 11.7. The molecule has 2 aromatic carbocycles. The predicted octanol–water partition coefficient (Wildman–Crippen LogP) is 4.00. The number of benzene rings is 2. The third-order valence-corrected chi connectivity index (χ3v) is 5.83. The van der Waals surface area contributed by atoms with Crippen LogP contribution in [0.15, 0.2) is 60.0 Å². The zero-order valence-electron chi connectivity index (χ0n) is 16.7. The van der Waals surface area contributed by atoms with E-state index in [-0.39, 0.29) is 17.0 Å². The molecule has 0 unspecified atom stereocenters. The van der Waals surface area contributed by atoms with E-state index in [4.69, 9.17) is 5.11 Å². The van der Waals surface area contributed by atoms with Gasteiger partial charge in [0.25, 0.3) is 5.91 Å². The van der Waals surface area contributed by atoms with Gasteiger partial charge in [0.1, 0.15) is 6.04 Å². The van der Waals surface area contributed by atoms with E-state index in [0.29, 0.717) is 17.3 Å². The van der Waals surface area contributed by atoms with Gasteiger partial charge in [-0.25, -0.2) is 9.78 Å². The number of rotatable bonds is 9. The van der Waals surface area contributed by atoms with Crippen molar-refractivity contribution >= 4 is 46.0 Å². The Labute approximate surface area is 187 Å². The van der Waals surface area contributed by atoms with Crippen LogP contribution in [-0.4, -0.2) is 45.9 Å². The smallest absolute Gasteiger partial charge is 0.335 e. The number of carbonyl (C=O) groups excluding carboxylic acids is 2. The first kappa shape index (κ1) is 22.5. The molecule has 0 radical (unpaired) electrons. The minimum Gasteiger partial charge on any atom is -0.478 e. The van der Waals surface area contributed by atoms with Crippen LogP contribution in [0.4, 0.5) is 5.13 Å². The Bertz CT molecular complexity index is 1050. The highest BCUT2D eigenvalue weighted by atomic mass is 32.2. The minimum atomic E-state index is -1.07. The Hall–Kier alpha value is -3.17. The number of thiazole rings is 1. The molecule has 2 amide bonds. The van der Waals surface area contributed by atoms with Crippen LogP contribution in [0.2, 0.25) is 0 Å². The molecule has 7 nitrogen and oxygen atoms in total. The van der Waals surface area contributed by atoms with E-state index < -0.39 is 17.9 Å². The summed E-state index contributed by atoms with van der Waals surface area (Å²) in [5.41, 5.74) is 2.10. The molecule has 0 bridgehead atoms. The fourth-order valence-corrected chi connectivity index (χ4v) is 3.97. The summed E-state index contributed by atoms with van der Waals surface area (Å²) in [7, 11) is 0. The number of aromatic nitrogens is 1. The molecule has 0 aliphatic heterocycles. The van der Waals surface area contributed by atoms with Crippen LogP contribution in [0.1, 0.15) is 27.1 Å². The topological polar surface area (TPSA) is 108 Å². The van der Waals surface area contributed by atoms with Crippen molar-refractivity contribution in [2.75, 3.05) is 17.3 Å². The number of aromatic carboxylic acids is 1. The highest BCUT2D eigenvalue weighted by molar-refractivity contribution is 7.98. The molecule has 1 aromatic heterocycles. The fraction of sp³-hybridized carbons (Fsp3) is 0.182. The van der Waals surface area contributed by atoms with Gasteiger partial charge in [-0.2, -0.15) is 11.8 Å². The van der Waals surface area contributed by atoms with E-state index in [1.54, 1.807) is 11.8 Å². The molecule has 0 fully saturated rings. The van der Waals surface area contributed by atoms with Crippen molar-refractivity contribution in [1.29, 1.82) is 0 Å². The molecule has 3 rings (SSSR count). The first-order valence-electron chi connectivity index (χ1n) is 9.43. The van der Waals surface area contributed by atoms with Crippen molar-refractivity contribution < 1.29 is 19.5 Å². The van der Waals surface area contributed by atoms with Gasteiger partial charge in [0.05, 0.1) is 11.3 Å². The number of hydrogen-bond acceptors (Lipinski definition) is 6. The normalized spacial score (nSPS) is 11.5. The number of hydrogen-bond donors (Lipinski definition) is 3. The van der Waals surface area contributed by atoms with Crippen LogP contribution in [0.25, 0.3) is 11.3 Å². The van der Waals surface area contributed by atoms with Gasteiger partial charge in [-0.05, 0) is 42.7 Å². The van der Waals surface area contributed by atoms with Gasteiger partial charge in [0, 0.05) is 16.5 Å². The average molecular weight is 456 g/mol. The third-order valence-electron chi connectivity index (χ3n) is 4.43. The van der Waals surface area contributed by atoms with Crippen LogP contribution >= 0.6 is 23.1 Å². The van der Waals surface area contributed by atoms with Gasteiger partial charge >= 0.3 is 5.97 Å². The van der Waals surface area contributed by atoms with Crippen molar-refractivity contribution in [3.05, 3.63) is 71.1 Å². The molecule has 0 aliphatic carbocycles. The summed E-state index contributed by atoms with van der Waals surface area (Å²) in [6, 6.07) is 14.5. The number of nitrogens with zero attached hydrogens (tertiary/aromatic N) is 1. The van der Waals surface area contributed by atoms with Gasteiger partial charge in [-0.15, -0.1) is 11.3 Å². The van der Waals surface area contributed by atoms with Crippen LogP contribution in [0.5, 0.6) is 0 Å². The molecule has 0 saturated carbocycles. The van der Waals surface area contributed by atoms with Crippen molar-refractivity contribution in [3.63, 3.8) is 0 Å². The second-order valence-corrected chi connectivity index (χ2v) is 8.43. The molecule has 31 heavy (non-hydrogen) atoms. The van der Waals surface area contributed by atoms with Gasteiger partial charge in [-0.1, -0.05) is 30.3 Å². The standard InChI is InChI=1S/C22H21N3O4S2/c1-30-12-11-17(23-19(26)15-7-9-16(10-8-15)21(28)29)20(27)25-22-24-18(13-31-22)14-5-3-2-4-6-14/h2-10,13,17H,11-12H2,1H3,(H,23,26)(H,28,29)(H,24,25,27)/t17-/m0/s1. The Morgan fingerprint density at radius 3 is 2.39 bits per heavy atom. The second-order valence-electron chi connectivity index (χ2n) is 6.58. The Morgan fingerprint density at radius 2 is 1.74 bits per heavy atom. The molecule has 3 N–H and O–H groups in total. The maximum absolute atomic E-state index is 12.8. The largest absolute Gasteiger partial charge is 0.478 e. The maximum Gasteiger partial charge on any atom is 0.335 e. The van der Waals surface area contributed by atoms with Gasteiger partial charge in [0.15, 0.2) is 5.13 Å². The lowest BCUT2D eigenvalue weighted by molar-refractivity contribution is -0.118. The molecule has 160 valence electrons. The summed E-state index contributed by atoms with van der Waals surface area (Å²) in [5, 5.41) is 16.8. The van der Waals surface area contributed by atoms with Crippen LogP contribution in [0, 0.1) is 0 Å². The lowest BCUT2D eigenvalue weighted by Crippen LogP contribution is -2.44. The number of nitrogens with one attached hydrogen (secondary N) is 2. The van der Waals surface area contributed by atoms with E-state index >= 15 is 0 Å². The fourth-order valence-electron chi connectivity index (χ4n) is 2.78. The summed E-state index contributed by atoms with van der Waals surface area (Å²) < 4.78 is 0. The number of amides is 2. The highest BCUT2D eigenvalue weighted by Gasteiger charge is 2.22. The molecule has 1 atom stereocenters. The summed E-state index contributed by atoms with van der Waals surface area (Å²) in [6.07, 6.45) is 2.37. The van der Waals surface area contributed by atoms with E-state index in [0.717, 1.165) is 11.3 Å². The number of anilines is 1. The monoisotopic (exact) mass is 455 g/mol.